The molecule has 0 fully saturated rings. The average molecular weight is 402 g/mol. The number of rotatable bonds is 5. The Kier molecular flexibility index (Phi) is 5.10. The van der Waals surface area contributed by atoms with Crippen LogP contribution in [-0.2, 0) is 0 Å². The number of nitrogens with two attached hydrogens (primary N) is 2. The molecule has 1 aromatic heterocycles. The third-order valence-corrected chi connectivity index (χ3v) is 4.13. The Morgan fingerprint density at radius 3 is 2.29 bits per heavy atom. The highest BCUT2D eigenvalue weighted by molar-refractivity contribution is 6.34. The molecule has 0 unspecified atom stereocenters. The maximum atomic E-state index is 13.1. The predicted octanol–water partition coefficient (Wildman–Crippen LogP) is 2.11. The van der Waals surface area contributed by atoms with E-state index in [1.807, 2.05) is 0 Å². The van der Waals surface area contributed by atoms with Crippen molar-refractivity contribution in [2.75, 3.05) is 5.32 Å². The number of benzene rings is 2. The van der Waals surface area contributed by atoms with Gasteiger partial charge < -0.3 is 16.8 Å². The molecule has 3 amide bonds. The van der Waals surface area contributed by atoms with Crippen molar-refractivity contribution in [2.24, 2.45) is 11.5 Å². The lowest BCUT2D eigenvalue weighted by molar-refractivity contribution is 0.0960. The standard InChI is InChI=1S/C18H13ClFN5O3/c19-13-7-9(20)1-6-12(13)18(28)24-10-2-4-11(5-3-10)25-8-23-14(16(21)26)15(25)17(22)27/h1-8H,(H2,21,26)(H2,22,27)(H,24,28). The molecular formula is C18H13ClFN5O3. The van der Waals surface area contributed by atoms with Crippen LogP contribution in [0.25, 0.3) is 5.69 Å². The van der Waals surface area contributed by atoms with Crippen molar-refractivity contribution in [2.45, 2.75) is 0 Å². The number of amides is 3. The lowest BCUT2D eigenvalue weighted by Crippen LogP contribution is -2.22. The zero-order chi connectivity index (χ0) is 20.4. The Bertz CT molecular complexity index is 1100. The van der Waals surface area contributed by atoms with Crippen LogP contribution >= 0.6 is 11.6 Å². The van der Waals surface area contributed by atoms with Crippen LogP contribution < -0.4 is 16.8 Å². The molecule has 2 aromatic carbocycles. The van der Waals surface area contributed by atoms with Gasteiger partial charge in [0.25, 0.3) is 17.7 Å². The molecule has 0 bridgehead atoms. The molecule has 0 aliphatic carbocycles. The fourth-order valence-electron chi connectivity index (χ4n) is 2.54. The monoisotopic (exact) mass is 401 g/mol. The number of carbonyl (C=O) groups excluding carboxylic acids is 3. The number of carbonyl (C=O) groups is 3. The van der Waals surface area contributed by atoms with Gasteiger partial charge >= 0.3 is 0 Å². The molecule has 5 N–H and O–H groups in total. The minimum Gasteiger partial charge on any atom is -0.364 e. The summed E-state index contributed by atoms with van der Waals surface area (Å²) in [6.45, 7) is 0. The van der Waals surface area contributed by atoms with E-state index in [2.05, 4.69) is 10.3 Å². The van der Waals surface area contributed by atoms with Crippen molar-refractivity contribution >= 4 is 35.0 Å². The first-order chi connectivity index (χ1) is 13.3. The minimum atomic E-state index is -0.882. The van der Waals surface area contributed by atoms with Crippen molar-refractivity contribution in [3.8, 4) is 5.69 Å². The Labute approximate surface area is 162 Å². The summed E-state index contributed by atoms with van der Waals surface area (Å²) < 4.78 is 14.4. The summed E-state index contributed by atoms with van der Waals surface area (Å²) in [7, 11) is 0. The number of hydrogen-bond acceptors (Lipinski definition) is 4. The van der Waals surface area contributed by atoms with E-state index in [1.165, 1.54) is 17.0 Å². The third-order valence-electron chi connectivity index (χ3n) is 3.81. The van der Waals surface area contributed by atoms with E-state index < -0.39 is 23.5 Å². The molecular weight excluding hydrogens is 389 g/mol. The van der Waals surface area contributed by atoms with Gasteiger partial charge in [-0.05, 0) is 42.5 Å². The van der Waals surface area contributed by atoms with E-state index in [0.717, 1.165) is 12.1 Å². The molecule has 142 valence electrons. The van der Waals surface area contributed by atoms with Crippen LogP contribution in [-0.4, -0.2) is 27.3 Å². The Morgan fingerprint density at radius 2 is 1.71 bits per heavy atom. The summed E-state index contributed by atoms with van der Waals surface area (Å²) in [5.41, 5.74) is 11.1. The Hall–Kier alpha value is -3.72. The summed E-state index contributed by atoms with van der Waals surface area (Å²) in [6, 6.07) is 9.70. The van der Waals surface area contributed by atoms with E-state index in [0.29, 0.717) is 11.4 Å². The average Bonchev–Trinajstić information content (AvgIpc) is 3.08. The molecule has 0 radical (unpaired) electrons. The van der Waals surface area contributed by atoms with Crippen LogP contribution in [0.1, 0.15) is 31.3 Å². The zero-order valence-electron chi connectivity index (χ0n) is 14.1. The molecule has 0 saturated heterocycles. The first kappa shape index (κ1) is 19.1. The number of imidazole rings is 1. The fourth-order valence-corrected chi connectivity index (χ4v) is 2.79. The van der Waals surface area contributed by atoms with Gasteiger partial charge in [-0.15, -0.1) is 0 Å². The quantitative estimate of drug-likeness (QED) is 0.603. The van der Waals surface area contributed by atoms with E-state index in [4.69, 9.17) is 23.1 Å². The molecule has 3 rings (SSSR count). The first-order valence-corrected chi connectivity index (χ1v) is 8.19. The van der Waals surface area contributed by atoms with Crippen LogP contribution in [0.4, 0.5) is 10.1 Å². The molecule has 0 aliphatic rings. The summed E-state index contributed by atoms with van der Waals surface area (Å²) in [6.07, 6.45) is 1.24. The SMILES string of the molecule is NC(=O)c1ncn(-c2ccc(NC(=O)c3ccc(F)cc3Cl)cc2)c1C(N)=O. The molecule has 1 heterocycles. The smallest absolute Gasteiger partial charge is 0.269 e. The van der Waals surface area contributed by atoms with Gasteiger partial charge in [-0.25, -0.2) is 9.37 Å². The van der Waals surface area contributed by atoms with Crippen LogP contribution in [0, 0.1) is 5.82 Å². The van der Waals surface area contributed by atoms with Gasteiger partial charge in [0, 0.05) is 11.4 Å². The summed E-state index contributed by atoms with van der Waals surface area (Å²) >= 11 is 5.88. The van der Waals surface area contributed by atoms with Crippen molar-refractivity contribution < 1.29 is 18.8 Å². The molecule has 8 nitrogen and oxygen atoms in total. The van der Waals surface area contributed by atoms with Crippen LogP contribution in [0.2, 0.25) is 5.02 Å². The van der Waals surface area contributed by atoms with Crippen molar-refractivity contribution in [3.63, 3.8) is 0 Å². The van der Waals surface area contributed by atoms with Crippen molar-refractivity contribution in [1.29, 1.82) is 0 Å². The Balaban J connectivity index is 1.85. The maximum absolute atomic E-state index is 13.1. The van der Waals surface area contributed by atoms with Gasteiger partial charge in [0.15, 0.2) is 5.69 Å². The van der Waals surface area contributed by atoms with Gasteiger partial charge in [0.05, 0.1) is 10.6 Å². The number of aromatic nitrogens is 2. The van der Waals surface area contributed by atoms with Gasteiger partial charge in [-0.1, -0.05) is 11.6 Å². The Morgan fingerprint density at radius 1 is 1.04 bits per heavy atom. The first-order valence-electron chi connectivity index (χ1n) is 7.81. The van der Waals surface area contributed by atoms with E-state index >= 15 is 0 Å². The normalized spacial score (nSPS) is 10.5. The predicted molar refractivity (Wildman–Crippen MR) is 100.0 cm³/mol. The van der Waals surface area contributed by atoms with E-state index in [-0.39, 0.29) is 22.0 Å². The van der Waals surface area contributed by atoms with Crippen LogP contribution in [0.15, 0.2) is 48.8 Å². The highest BCUT2D eigenvalue weighted by Gasteiger charge is 2.21. The lowest BCUT2D eigenvalue weighted by Gasteiger charge is -2.10. The number of anilines is 1. The van der Waals surface area contributed by atoms with E-state index in [1.54, 1.807) is 24.3 Å². The number of nitrogens with one attached hydrogen (secondary N) is 1. The van der Waals surface area contributed by atoms with Crippen LogP contribution in [0.5, 0.6) is 0 Å². The molecule has 0 saturated carbocycles. The minimum absolute atomic E-state index is 0.0161. The molecule has 0 aliphatic heterocycles. The number of hydrogen-bond donors (Lipinski definition) is 3. The highest BCUT2D eigenvalue weighted by Crippen LogP contribution is 2.21. The molecule has 0 spiro atoms. The van der Waals surface area contributed by atoms with Crippen molar-refractivity contribution in [1.82, 2.24) is 9.55 Å². The zero-order valence-corrected chi connectivity index (χ0v) is 14.9. The van der Waals surface area contributed by atoms with Gasteiger partial charge in [0.2, 0.25) is 0 Å². The molecule has 28 heavy (non-hydrogen) atoms. The number of halogens is 2. The van der Waals surface area contributed by atoms with Gasteiger partial charge in [-0.3, -0.25) is 19.0 Å². The summed E-state index contributed by atoms with van der Waals surface area (Å²) in [5.74, 6) is -2.82. The number of nitrogens with zero attached hydrogens (tertiary/aromatic N) is 2. The molecule has 0 atom stereocenters. The number of primary amides is 2. The third kappa shape index (κ3) is 3.69. The largest absolute Gasteiger partial charge is 0.364 e. The topological polar surface area (TPSA) is 133 Å². The second kappa shape index (κ2) is 7.49. The van der Waals surface area contributed by atoms with E-state index in [9.17, 15) is 18.8 Å². The second-order valence-electron chi connectivity index (χ2n) is 5.67. The summed E-state index contributed by atoms with van der Waals surface area (Å²) in [5, 5.41) is 2.61. The maximum Gasteiger partial charge on any atom is 0.269 e. The van der Waals surface area contributed by atoms with Crippen molar-refractivity contribution in [3.05, 3.63) is 76.6 Å². The summed E-state index contributed by atoms with van der Waals surface area (Å²) in [4.78, 5) is 39.1. The second-order valence-corrected chi connectivity index (χ2v) is 6.07. The molecule has 3 aromatic rings. The highest BCUT2D eigenvalue weighted by atomic mass is 35.5. The lowest BCUT2D eigenvalue weighted by atomic mass is 10.2. The van der Waals surface area contributed by atoms with Gasteiger partial charge in [0.1, 0.15) is 17.8 Å². The van der Waals surface area contributed by atoms with Crippen LogP contribution in [0.3, 0.4) is 0 Å². The fraction of sp³-hybridized carbons (Fsp3) is 0. The van der Waals surface area contributed by atoms with Gasteiger partial charge in [-0.2, -0.15) is 0 Å². The molecule has 10 heteroatoms.